The number of ether oxygens (including phenoxy) is 2. The van der Waals surface area contributed by atoms with Crippen molar-refractivity contribution in [1.82, 2.24) is 0 Å². The Morgan fingerprint density at radius 2 is 1.85 bits per heavy atom. The van der Waals surface area contributed by atoms with Gasteiger partial charge in [0.15, 0.2) is 0 Å². The highest BCUT2D eigenvalue weighted by atomic mass is 16.5. The van der Waals surface area contributed by atoms with Crippen LogP contribution >= 0.6 is 0 Å². The minimum absolute atomic E-state index is 0.586. The molecule has 0 saturated carbocycles. The van der Waals surface area contributed by atoms with Crippen LogP contribution in [0.3, 0.4) is 0 Å². The minimum atomic E-state index is 0.586. The van der Waals surface area contributed by atoms with E-state index in [0.717, 1.165) is 19.6 Å². The number of nitrogens with two attached hydrogens (primary N) is 1. The van der Waals surface area contributed by atoms with Crippen LogP contribution in [0.5, 0.6) is 0 Å². The second-order valence-corrected chi connectivity index (χ2v) is 3.63. The molecule has 0 bridgehead atoms. The van der Waals surface area contributed by atoms with E-state index in [1.807, 2.05) is 0 Å². The van der Waals surface area contributed by atoms with Crippen LogP contribution in [0, 0.1) is 11.8 Å². The molecule has 0 amide bonds. The Balaban J connectivity index is 3.28. The van der Waals surface area contributed by atoms with Crippen LogP contribution in [-0.2, 0) is 9.47 Å². The Morgan fingerprint density at radius 1 is 1.15 bits per heavy atom. The fourth-order valence-corrected chi connectivity index (χ4v) is 1.20. The van der Waals surface area contributed by atoms with Gasteiger partial charge in [0.2, 0.25) is 0 Å². The Bertz CT molecular complexity index is 107. The normalized spacial score (nSPS) is 13.6. The third-order valence-electron chi connectivity index (χ3n) is 2.31. The maximum absolute atomic E-state index is 5.63. The highest BCUT2D eigenvalue weighted by Gasteiger charge is 2.10. The molecule has 0 aliphatic heterocycles. The van der Waals surface area contributed by atoms with Gasteiger partial charge in [-0.15, -0.1) is 0 Å². The first-order valence-corrected chi connectivity index (χ1v) is 4.99. The average molecular weight is 189 g/mol. The molecule has 80 valence electrons. The molecule has 0 aromatic rings. The smallest absolute Gasteiger partial charge is 0.0700 e. The van der Waals surface area contributed by atoms with E-state index < -0.39 is 0 Å². The zero-order valence-corrected chi connectivity index (χ0v) is 9.08. The number of methoxy groups -OCH3 is 1. The topological polar surface area (TPSA) is 44.5 Å². The van der Waals surface area contributed by atoms with Crippen LogP contribution in [-0.4, -0.2) is 33.5 Å². The number of rotatable bonds is 8. The van der Waals surface area contributed by atoms with Crippen molar-refractivity contribution in [2.45, 2.75) is 20.3 Å². The first-order valence-electron chi connectivity index (χ1n) is 4.99. The van der Waals surface area contributed by atoms with Gasteiger partial charge in [-0.05, 0) is 24.8 Å². The molecule has 0 aromatic carbocycles. The van der Waals surface area contributed by atoms with Crippen LogP contribution in [0.25, 0.3) is 0 Å². The highest BCUT2D eigenvalue weighted by molar-refractivity contribution is 4.63. The van der Waals surface area contributed by atoms with Crippen molar-refractivity contribution in [2.24, 2.45) is 17.6 Å². The molecule has 1 atom stereocenters. The zero-order chi connectivity index (χ0) is 10.1. The summed E-state index contributed by atoms with van der Waals surface area (Å²) < 4.78 is 10.2. The summed E-state index contributed by atoms with van der Waals surface area (Å²) in [6, 6.07) is 0. The van der Waals surface area contributed by atoms with Crippen LogP contribution in [0.4, 0.5) is 0 Å². The molecule has 0 heterocycles. The third-order valence-corrected chi connectivity index (χ3v) is 2.31. The van der Waals surface area contributed by atoms with Gasteiger partial charge < -0.3 is 15.2 Å². The Hall–Kier alpha value is -0.120. The van der Waals surface area contributed by atoms with Gasteiger partial charge in [-0.2, -0.15) is 0 Å². The summed E-state index contributed by atoms with van der Waals surface area (Å²) in [5.74, 6) is 1.23. The molecule has 13 heavy (non-hydrogen) atoms. The maximum Gasteiger partial charge on any atom is 0.0700 e. The van der Waals surface area contributed by atoms with Crippen molar-refractivity contribution in [3.63, 3.8) is 0 Å². The van der Waals surface area contributed by atoms with Crippen LogP contribution in [0.1, 0.15) is 20.3 Å². The lowest BCUT2D eigenvalue weighted by molar-refractivity contribution is 0.0613. The molecule has 3 heteroatoms. The van der Waals surface area contributed by atoms with E-state index >= 15 is 0 Å². The Kier molecular flexibility index (Phi) is 8.40. The zero-order valence-electron chi connectivity index (χ0n) is 9.08. The van der Waals surface area contributed by atoms with Crippen LogP contribution < -0.4 is 5.73 Å². The van der Waals surface area contributed by atoms with Gasteiger partial charge in [-0.25, -0.2) is 0 Å². The van der Waals surface area contributed by atoms with Crippen molar-refractivity contribution >= 4 is 0 Å². The number of hydrogen-bond acceptors (Lipinski definition) is 3. The van der Waals surface area contributed by atoms with Gasteiger partial charge in [0.05, 0.1) is 13.2 Å². The van der Waals surface area contributed by atoms with Gasteiger partial charge in [0.1, 0.15) is 0 Å². The maximum atomic E-state index is 5.63. The van der Waals surface area contributed by atoms with E-state index in [-0.39, 0.29) is 0 Å². The third kappa shape index (κ3) is 6.99. The monoisotopic (exact) mass is 189 g/mol. The molecule has 0 spiro atoms. The van der Waals surface area contributed by atoms with E-state index in [4.69, 9.17) is 15.2 Å². The molecular weight excluding hydrogens is 166 g/mol. The molecular formula is C10H23NO2. The summed E-state index contributed by atoms with van der Waals surface area (Å²) in [7, 11) is 1.68. The summed E-state index contributed by atoms with van der Waals surface area (Å²) >= 11 is 0. The lowest BCUT2D eigenvalue weighted by Crippen LogP contribution is -2.21. The van der Waals surface area contributed by atoms with Gasteiger partial charge in [0.25, 0.3) is 0 Å². The molecule has 1 unspecified atom stereocenters. The minimum Gasteiger partial charge on any atom is -0.382 e. The van der Waals surface area contributed by atoms with Crippen molar-refractivity contribution < 1.29 is 9.47 Å². The highest BCUT2D eigenvalue weighted by Crippen LogP contribution is 2.13. The first-order chi connectivity index (χ1) is 6.22. The van der Waals surface area contributed by atoms with Crippen molar-refractivity contribution in [2.75, 3.05) is 33.5 Å². The molecule has 0 radical (unpaired) electrons. The summed E-state index contributed by atoms with van der Waals surface area (Å²) in [6.45, 7) is 7.31. The molecule has 2 N–H and O–H groups in total. The van der Waals surface area contributed by atoms with E-state index in [1.165, 1.54) is 0 Å². The SMILES string of the molecule is COCCOCCC(CN)C(C)C. The van der Waals surface area contributed by atoms with Crippen LogP contribution in [0.15, 0.2) is 0 Å². The molecule has 0 fully saturated rings. The molecule has 0 aliphatic carbocycles. The van der Waals surface area contributed by atoms with Crippen LogP contribution in [0.2, 0.25) is 0 Å². The van der Waals surface area contributed by atoms with E-state index in [9.17, 15) is 0 Å². The molecule has 0 aliphatic rings. The van der Waals surface area contributed by atoms with Crippen molar-refractivity contribution in [3.05, 3.63) is 0 Å². The molecule has 3 nitrogen and oxygen atoms in total. The largest absolute Gasteiger partial charge is 0.382 e. The second-order valence-electron chi connectivity index (χ2n) is 3.63. The summed E-state index contributed by atoms with van der Waals surface area (Å²) in [5, 5.41) is 0. The quantitative estimate of drug-likeness (QED) is 0.585. The van der Waals surface area contributed by atoms with Gasteiger partial charge >= 0.3 is 0 Å². The summed E-state index contributed by atoms with van der Waals surface area (Å²) in [5.41, 5.74) is 5.63. The van der Waals surface area contributed by atoms with Crippen molar-refractivity contribution in [1.29, 1.82) is 0 Å². The number of hydrogen-bond donors (Lipinski definition) is 1. The van der Waals surface area contributed by atoms with E-state index in [0.29, 0.717) is 25.0 Å². The van der Waals surface area contributed by atoms with Gasteiger partial charge in [0, 0.05) is 13.7 Å². The molecule has 0 aromatic heterocycles. The lowest BCUT2D eigenvalue weighted by Gasteiger charge is -2.18. The fraction of sp³-hybridized carbons (Fsp3) is 1.00. The Labute approximate surface area is 81.6 Å². The average Bonchev–Trinajstić information content (AvgIpc) is 2.10. The molecule has 0 rings (SSSR count). The molecule has 0 saturated heterocycles. The summed E-state index contributed by atoms with van der Waals surface area (Å²) in [4.78, 5) is 0. The van der Waals surface area contributed by atoms with E-state index in [2.05, 4.69) is 13.8 Å². The second kappa shape index (κ2) is 8.48. The van der Waals surface area contributed by atoms with Crippen molar-refractivity contribution in [3.8, 4) is 0 Å². The lowest BCUT2D eigenvalue weighted by atomic mass is 9.93. The predicted molar refractivity (Wildman–Crippen MR) is 54.7 cm³/mol. The first kappa shape index (κ1) is 12.9. The standard InChI is InChI=1S/C10H23NO2/c1-9(2)10(8-11)4-5-13-7-6-12-3/h9-10H,4-8,11H2,1-3H3. The van der Waals surface area contributed by atoms with Gasteiger partial charge in [-0.1, -0.05) is 13.8 Å². The predicted octanol–water partition coefficient (Wildman–Crippen LogP) is 1.27. The van der Waals surface area contributed by atoms with E-state index in [1.54, 1.807) is 7.11 Å². The van der Waals surface area contributed by atoms with Gasteiger partial charge in [-0.3, -0.25) is 0 Å². The fourth-order valence-electron chi connectivity index (χ4n) is 1.20. The Morgan fingerprint density at radius 3 is 2.31 bits per heavy atom. The summed E-state index contributed by atoms with van der Waals surface area (Å²) in [6.07, 6.45) is 1.05.